The van der Waals surface area contributed by atoms with Crippen LogP contribution in [-0.4, -0.2) is 41.7 Å². The van der Waals surface area contributed by atoms with E-state index in [-0.39, 0.29) is 30.0 Å². The molecule has 0 radical (unpaired) electrons. The third kappa shape index (κ3) is 2.71. The van der Waals surface area contributed by atoms with Crippen LogP contribution in [0.25, 0.3) is 0 Å². The minimum atomic E-state index is -4.45. The Balaban J connectivity index is 2.26. The molecule has 2 aliphatic heterocycles. The Morgan fingerprint density at radius 2 is 2.16 bits per heavy atom. The molecular formula is C10H12F3N3O2S. The number of hydrogen-bond donors (Lipinski definition) is 2. The van der Waals surface area contributed by atoms with Crippen molar-refractivity contribution >= 4 is 23.6 Å². The number of allylic oxidation sites excluding steroid dienone is 1. The Hall–Kier alpha value is -1.22. The van der Waals surface area contributed by atoms with Gasteiger partial charge in [-0.05, 0) is 11.8 Å². The van der Waals surface area contributed by atoms with Crippen LogP contribution in [0, 0.1) is 5.92 Å². The topological polar surface area (TPSA) is 80.2 Å². The number of aliphatic imine (C=N–C) groups is 2. The Bertz CT molecular complexity index is 473. The van der Waals surface area contributed by atoms with Crippen molar-refractivity contribution in [2.45, 2.75) is 18.5 Å². The van der Waals surface area contributed by atoms with Crippen molar-refractivity contribution in [3.05, 3.63) is 10.5 Å². The van der Waals surface area contributed by atoms with Crippen LogP contribution in [0.15, 0.2) is 20.5 Å². The van der Waals surface area contributed by atoms with Gasteiger partial charge in [0.1, 0.15) is 17.8 Å². The van der Waals surface area contributed by atoms with Gasteiger partial charge in [0.15, 0.2) is 0 Å². The monoisotopic (exact) mass is 295 g/mol. The van der Waals surface area contributed by atoms with Gasteiger partial charge in [-0.15, -0.1) is 11.8 Å². The van der Waals surface area contributed by atoms with Gasteiger partial charge in [-0.3, -0.25) is 0 Å². The Labute approximate surface area is 111 Å². The lowest BCUT2D eigenvalue weighted by molar-refractivity contribution is -0.0964. The highest BCUT2D eigenvalue weighted by molar-refractivity contribution is 8.04. The summed E-state index contributed by atoms with van der Waals surface area (Å²) in [5.41, 5.74) is 4.92. The molecule has 0 fully saturated rings. The molecule has 2 unspecified atom stereocenters. The van der Waals surface area contributed by atoms with E-state index in [1.807, 2.05) is 0 Å². The lowest BCUT2D eigenvalue weighted by Gasteiger charge is -2.24. The summed E-state index contributed by atoms with van der Waals surface area (Å²) in [5, 5.41) is 7.91. The predicted octanol–water partition coefficient (Wildman–Crippen LogP) is 1.25. The quantitative estimate of drug-likeness (QED) is 0.803. The standard InChI is InChI=1S/C10H12F3N3O2S/c1-4-6(10(11,12)13)5-7(14)15-9(18-3-2-17)16-8(5)19-4/h5,8,17H,2-3H2,1H3,(H2,14,15,16). The van der Waals surface area contributed by atoms with Gasteiger partial charge >= 0.3 is 12.2 Å². The maximum atomic E-state index is 13.0. The zero-order valence-corrected chi connectivity index (χ0v) is 10.8. The second-order valence-electron chi connectivity index (χ2n) is 3.97. The number of thioether (sulfide) groups is 1. The SMILES string of the molecule is CC1=C(C(F)(F)F)C2C(N)=NC(OCCO)=NC2S1. The molecule has 106 valence electrons. The lowest BCUT2D eigenvalue weighted by atomic mass is 9.96. The van der Waals surface area contributed by atoms with E-state index in [9.17, 15) is 13.2 Å². The minimum absolute atomic E-state index is 0.0315. The number of ether oxygens (including phenoxy) is 1. The second kappa shape index (κ2) is 5.04. The molecule has 0 amide bonds. The van der Waals surface area contributed by atoms with E-state index < -0.39 is 23.0 Å². The largest absolute Gasteiger partial charge is 0.461 e. The number of nitrogens with zero attached hydrogens (tertiary/aromatic N) is 2. The smallest absolute Gasteiger partial charge is 0.414 e. The number of fused-ring (bicyclic) bond motifs is 1. The van der Waals surface area contributed by atoms with Crippen LogP contribution in [0.2, 0.25) is 0 Å². The van der Waals surface area contributed by atoms with Crippen molar-refractivity contribution in [1.82, 2.24) is 0 Å². The summed E-state index contributed by atoms with van der Waals surface area (Å²) in [5.74, 6) is -1.23. The van der Waals surface area contributed by atoms with Gasteiger partial charge in [-0.2, -0.15) is 18.2 Å². The van der Waals surface area contributed by atoms with Crippen LogP contribution in [0.4, 0.5) is 13.2 Å². The van der Waals surface area contributed by atoms with Crippen LogP contribution >= 0.6 is 11.8 Å². The second-order valence-corrected chi connectivity index (χ2v) is 5.31. The van der Waals surface area contributed by atoms with E-state index in [2.05, 4.69) is 9.98 Å². The molecule has 2 atom stereocenters. The van der Waals surface area contributed by atoms with Crippen molar-refractivity contribution < 1.29 is 23.0 Å². The van der Waals surface area contributed by atoms with Crippen LogP contribution in [-0.2, 0) is 4.74 Å². The molecule has 2 heterocycles. The van der Waals surface area contributed by atoms with E-state index in [0.29, 0.717) is 0 Å². The average Bonchev–Trinajstić information content (AvgIpc) is 2.62. The fraction of sp³-hybridized carbons (Fsp3) is 0.600. The zero-order valence-electron chi connectivity index (χ0n) is 9.94. The zero-order chi connectivity index (χ0) is 14.2. The Morgan fingerprint density at radius 1 is 1.47 bits per heavy atom. The molecule has 19 heavy (non-hydrogen) atoms. The first-order chi connectivity index (χ1) is 8.84. The summed E-state index contributed by atoms with van der Waals surface area (Å²) in [4.78, 5) is 7.85. The van der Waals surface area contributed by atoms with Crippen molar-refractivity contribution in [2.75, 3.05) is 13.2 Å². The molecule has 0 aliphatic carbocycles. The van der Waals surface area contributed by atoms with E-state index >= 15 is 0 Å². The van der Waals surface area contributed by atoms with Gasteiger partial charge in [0.2, 0.25) is 0 Å². The number of halogens is 3. The lowest BCUT2D eigenvalue weighted by Crippen LogP contribution is -2.38. The molecule has 0 bridgehead atoms. The van der Waals surface area contributed by atoms with Crippen molar-refractivity contribution in [1.29, 1.82) is 0 Å². The Morgan fingerprint density at radius 3 is 2.74 bits per heavy atom. The molecular weight excluding hydrogens is 283 g/mol. The van der Waals surface area contributed by atoms with Crippen LogP contribution in [0.3, 0.4) is 0 Å². The van der Waals surface area contributed by atoms with E-state index in [0.717, 1.165) is 11.8 Å². The van der Waals surface area contributed by atoms with Crippen molar-refractivity contribution in [3.8, 4) is 0 Å². The first kappa shape index (κ1) is 14.2. The van der Waals surface area contributed by atoms with Crippen LogP contribution < -0.4 is 5.73 Å². The number of hydrogen-bond acceptors (Lipinski definition) is 6. The van der Waals surface area contributed by atoms with Gasteiger partial charge in [-0.1, -0.05) is 0 Å². The van der Waals surface area contributed by atoms with Gasteiger partial charge in [-0.25, -0.2) is 4.99 Å². The van der Waals surface area contributed by atoms with Gasteiger partial charge < -0.3 is 15.6 Å². The molecule has 5 nitrogen and oxygen atoms in total. The number of alkyl halides is 3. The third-order valence-electron chi connectivity index (χ3n) is 2.68. The van der Waals surface area contributed by atoms with Gasteiger partial charge in [0, 0.05) is 0 Å². The van der Waals surface area contributed by atoms with Crippen LogP contribution in [0.5, 0.6) is 0 Å². The van der Waals surface area contributed by atoms with Gasteiger partial charge in [0.05, 0.1) is 18.1 Å². The molecule has 0 aromatic carbocycles. The summed E-state index contributed by atoms with van der Waals surface area (Å²) >= 11 is 0.994. The maximum absolute atomic E-state index is 13.0. The number of nitrogens with two attached hydrogens (primary N) is 1. The first-order valence-electron chi connectivity index (χ1n) is 5.44. The fourth-order valence-electron chi connectivity index (χ4n) is 1.97. The molecule has 2 aliphatic rings. The Kier molecular flexibility index (Phi) is 3.77. The fourth-order valence-corrected chi connectivity index (χ4v) is 3.26. The molecule has 0 saturated heterocycles. The highest BCUT2D eigenvalue weighted by Gasteiger charge is 2.50. The predicted molar refractivity (Wildman–Crippen MR) is 65.7 cm³/mol. The van der Waals surface area contributed by atoms with E-state index in [1.165, 1.54) is 6.92 Å². The normalized spacial score (nSPS) is 27.0. The average molecular weight is 295 g/mol. The third-order valence-corrected chi connectivity index (χ3v) is 3.87. The molecule has 0 saturated carbocycles. The van der Waals surface area contributed by atoms with Crippen molar-refractivity contribution in [3.63, 3.8) is 0 Å². The summed E-state index contributed by atoms with van der Waals surface area (Å²) in [6.07, 6.45) is -4.45. The number of amidine groups is 2. The molecule has 0 spiro atoms. The number of aliphatic hydroxyl groups excluding tert-OH is 1. The summed E-state index contributed by atoms with van der Waals surface area (Å²) in [6, 6.07) is -0.0866. The first-order valence-corrected chi connectivity index (χ1v) is 6.32. The number of aliphatic hydroxyl groups is 1. The molecule has 9 heteroatoms. The molecule has 0 aromatic rings. The van der Waals surface area contributed by atoms with Gasteiger partial charge in [0.25, 0.3) is 0 Å². The van der Waals surface area contributed by atoms with Crippen molar-refractivity contribution in [2.24, 2.45) is 21.6 Å². The van der Waals surface area contributed by atoms with Crippen LogP contribution in [0.1, 0.15) is 6.92 Å². The highest BCUT2D eigenvalue weighted by Crippen LogP contribution is 2.50. The minimum Gasteiger partial charge on any atom is -0.461 e. The maximum Gasteiger partial charge on any atom is 0.414 e. The summed E-state index contributed by atoms with van der Waals surface area (Å²) in [7, 11) is 0. The molecule has 3 N–H and O–H groups in total. The number of rotatable bonds is 2. The van der Waals surface area contributed by atoms with E-state index in [1.54, 1.807) is 0 Å². The highest BCUT2D eigenvalue weighted by atomic mass is 32.2. The molecule has 0 aromatic heterocycles. The summed E-state index contributed by atoms with van der Waals surface area (Å²) in [6.45, 7) is 1.12. The van der Waals surface area contributed by atoms with E-state index in [4.69, 9.17) is 15.6 Å². The summed E-state index contributed by atoms with van der Waals surface area (Å²) < 4.78 is 43.9. The molecule has 2 rings (SSSR count).